The number of aromatic hydroxyl groups is 1. The zero-order valence-electron chi connectivity index (χ0n) is 11.4. The summed E-state index contributed by atoms with van der Waals surface area (Å²) in [6.45, 7) is 0. The fraction of sp³-hybridized carbons (Fsp3) is 0.0625. The van der Waals surface area contributed by atoms with Crippen LogP contribution in [0.4, 0.5) is 5.69 Å². The van der Waals surface area contributed by atoms with Crippen molar-refractivity contribution in [2.75, 3.05) is 11.9 Å². The molecule has 1 N–H and O–H groups in total. The molecule has 0 aromatic heterocycles. The third-order valence-corrected chi connectivity index (χ3v) is 3.26. The van der Waals surface area contributed by atoms with Gasteiger partial charge in [0.1, 0.15) is 5.75 Å². The van der Waals surface area contributed by atoms with E-state index in [1.54, 1.807) is 36.2 Å². The molecule has 1 aliphatic heterocycles. The number of hydrogen-bond donors (Lipinski definition) is 1. The van der Waals surface area contributed by atoms with Crippen LogP contribution in [0.2, 0.25) is 0 Å². The maximum atomic E-state index is 12.1. The molecule has 2 aromatic carbocycles. The minimum atomic E-state index is -0.177. The van der Waals surface area contributed by atoms with E-state index in [9.17, 15) is 9.90 Å². The number of para-hydroxylation sites is 1. The first-order valence-corrected chi connectivity index (χ1v) is 6.44. The number of nitrogens with zero attached hydrogens (tertiary/aromatic N) is 3. The van der Waals surface area contributed by atoms with Gasteiger partial charge in [-0.3, -0.25) is 4.79 Å². The number of phenolic OH excluding ortho intramolecular Hbond substituents is 1. The van der Waals surface area contributed by atoms with Gasteiger partial charge in [-0.2, -0.15) is 5.10 Å². The Balaban J connectivity index is 1.92. The molecule has 104 valence electrons. The van der Waals surface area contributed by atoms with Crippen molar-refractivity contribution in [1.82, 2.24) is 0 Å². The van der Waals surface area contributed by atoms with Gasteiger partial charge in [0.15, 0.2) is 5.71 Å². The molecule has 21 heavy (non-hydrogen) atoms. The van der Waals surface area contributed by atoms with Gasteiger partial charge in [0, 0.05) is 12.6 Å². The second-order valence-corrected chi connectivity index (χ2v) is 4.67. The monoisotopic (exact) mass is 279 g/mol. The summed E-state index contributed by atoms with van der Waals surface area (Å²) in [5, 5.41) is 17.4. The van der Waals surface area contributed by atoms with Crippen molar-refractivity contribution in [3.05, 3.63) is 59.7 Å². The van der Waals surface area contributed by atoms with E-state index in [1.807, 2.05) is 24.3 Å². The van der Waals surface area contributed by atoms with Crippen molar-refractivity contribution in [2.45, 2.75) is 0 Å². The Labute approximate surface area is 121 Å². The van der Waals surface area contributed by atoms with Gasteiger partial charge in [-0.25, -0.2) is 0 Å². The average molecular weight is 279 g/mol. The van der Waals surface area contributed by atoms with Crippen LogP contribution in [0.5, 0.6) is 5.75 Å². The first-order valence-electron chi connectivity index (χ1n) is 6.44. The Morgan fingerprint density at radius 1 is 1.14 bits per heavy atom. The van der Waals surface area contributed by atoms with Gasteiger partial charge < -0.3 is 10.0 Å². The molecule has 5 heteroatoms. The molecule has 1 amide bonds. The molecule has 5 nitrogen and oxygen atoms in total. The van der Waals surface area contributed by atoms with Gasteiger partial charge in [-0.1, -0.05) is 30.3 Å². The summed E-state index contributed by atoms with van der Waals surface area (Å²) in [5.74, 6) is -0.0158. The lowest BCUT2D eigenvalue weighted by Crippen LogP contribution is -2.25. The number of benzene rings is 2. The van der Waals surface area contributed by atoms with Crippen LogP contribution in [0.15, 0.2) is 58.7 Å². The third-order valence-electron chi connectivity index (χ3n) is 3.26. The van der Waals surface area contributed by atoms with E-state index in [0.717, 1.165) is 11.3 Å². The van der Waals surface area contributed by atoms with Crippen molar-refractivity contribution in [3.8, 4) is 5.75 Å². The minimum Gasteiger partial charge on any atom is -0.508 e. The van der Waals surface area contributed by atoms with Crippen LogP contribution in [0.1, 0.15) is 11.1 Å². The normalized spacial score (nSPS) is 16.0. The Morgan fingerprint density at radius 2 is 1.95 bits per heavy atom. The van der Waals surface area contributed by atoms with E-state index in [1.165, 1.54) is 6.21 Å². The van der Waals surface area contributed by atoms with E-state index >= 15 is 0 Å². The molecular formula is C16H13N3O2. The molecule has 1 heterocycles. The highest BCUT2D eigenvalue weighted by atomic mass is 16.3. The molecule has 1 aliphatic rings. The van der Waals surface area contributed by atoms with Crippen molar-refractivity contribution in [1.29, 1.82) is 0 Å². The lowest BCUT2D eigenvalue weighted by Gasteiger charge is -2.07. The molecule has 0 bridgehead atoms. The largest absolute Gasteiger partial charge is 0.508 e. The van der Waals surface area contributed by atoms with Crippen LogP contribution in [0, 0.1) is 0 Å². The van der Waals surface area contributed by atoms with Crippen LogP contribution >= 0.6 is 0 Å². The van der Waals surface area contributed by atoms with Crippen molar-refractivity contribution in [2.24, 2.45) is 10.2 Å². The summed E-state index contributed by atoms with van der Waals surface area (Å²) < 4.78 is 0. The molecule has 0 fully saturated rings. The summed E-state index contributed by atoms with van der Waals surface area (Å²) in [6.07, 6.45) is 1.50. The predicted octanol–water partition coefficient (Wildman–Crippen LogP) is 2.19. The molecule has 0 aliphatic carbocycles. The van der Waals surface area contributed by atoms with Crippen LogP contribution < -0.4 is 4.90 Å². The SMILES string of the molecule is CN1C(=O)/C(=N/N=C\c2cccc(O)c2)c2ccccc21. The maximum absolute atomic E-state index is 12.1. The van der Waals surface area contributed by atoms with Gasteiger partial charge in [-0.05, 0) is 23.8 Å². The lowest BCUT2D eigenvalue weighted by molar-refractivity contribution is -0.111. The molecule has 0 saturated carbocycles. The summed E-state index contributed by atoms with van der Waals surface area (Å²) >= 11 is 0. The highest BCUT2D eigenvalue weighted by Gasteiger charge is 2.30. The number of carbonyl (C=O) groups excluding carboxylic acids is 1. The Morgan fingerprint density at radius 3 is 2.76 bits per heavy atom. The zero-order chi connectivity index (χ0) is 14.8. The number of phenols is 1. The van der Waals surface area contributed by atoms with Crippen molar-refractivity contribution >= 4 is 23.5 Å². The van der Waals surface area contributed by atoms with E-state index in [4.69, 9.17) is 0 Å². The fourth-order valence-corrected chi connectivity index (χ4v) is 2.20. The first kappa shape index (κ1) is 13.1. The van der Waals surface area contributed by atoms with Crippen LogP contribution in [0.3, 0.4) is 0 Å². The number of anilines is 1. The van der Waals surface area contributed by atoms with Gasteiger partial charge in [0.2, 0.25) is 0 Å². The molecule has 0 spiro atoms. The molecule has 3 rings (SSSR count). The van der Waals surface area contributed by atoms with E-state index in [2.05, 4.69) is 10.2 Å². The third kappa shape index (κ3) is 2.41. The van der Waals surface area contributed by atoms with E-state index < -0.39 is 0 Å². The Bertz CT molecular complexity index is 766. The lowest BCUT2D eigenvalue weighted by atomic mass is 10.1. The molecule has 0 saturated heterocycles. The zero-order valence-corrected chi connectivity index (χ0v) is 11.4. The summed E-state index contributed by atoms with van der Waals surface area (Å²) in [5.41, 5.74) is 2.64. The highest BCUT2D eigenvalue weighted by Crippen LogP contribution is 2.27. The molecular weight excluding hydrogens is 266 g/mol. The maximum Gasteiger partial charge on any atom is 0.279 e. The van der Waals surface area contributed by atoms with Gasteiger partial charge in [0.05, 0.1) is 11.9 Å². The molecule has 0 unspecified atom stereocenters. The van der Waals surface area contributed by atoms with Crippen LogP contribution in [-0.4, -0.2) is 30.0 Å². The first-order chi connectivity index (χ1) is 10.2. The quantitative estimate of drug-likeness (QED) is 0.676. The van der Waals surface area contributed by atoms with Crippen LogP contribution in [-0.2, 0) is 4.79 Å². The molecule has 0 atom stereocenters. The number of rotatable bonds is 2. The summed E-state index contributed by atoms with van der Waals surface area (Å²) in [6, 6.07) is 14.1. The smallest absolute Gasteiger partial charge is 0.279 e. The topological polar surface area (TPSA) is 65.3 Å². The Kier molecular flexibility index (Phi) is 3.23. The van der Waals surface area contributed by atoms with Gasteiger partial charge in [-0.15, -0.1) is 5.10 Å². The summed E-state index contributed by atoms with van der Waals surface area (Å²) in [4.78, 5) is 13.7. The number of hydrogen-bond acceptors (Lipinski definition) is 4. The molecule has 0 radical (unpaired) electrons. The van der Waals surface area contributed by atoms with E-state index in [0.29, 0.717) is 11.3 Å². The van der Waals surface area contributed by atoms with Crippen molar-refractivity contribution < 1.29 is 9.90 Å². The number of fused-ring (bicyclic) bond motifs is 1. The number of carbonyl (C=O) groups is 1. The number of likely N-dealkylation sites (N-methyl/N-ethyl adjacent to an activating group) is 1. The highest BCUT2D eigenvalue weighted by molar-refractivity contribution is 6.54. The van der Waals surface area contributed by atoms with Gasteiger partial charge >= 0.3 is 0 Å². The second-order valence-electron chi connectivity index (χ2n) is 4.67. The van der Waals surface area contributed by atoms with E-state index in [-0.39, 0.29) is 11.7 Å². The predicted molar refractivity (Wildman–Crippen MR) is 82.1 cm³/mol. The standard InChI is InChI=1S/C16H13N3O2/c1-19-14-8-3-2-7-13(14)15(16(19)21)18-17-10-11-5-4-6-12(20)9-11/h2-10,20H,1H3/b17-10-,18-15+. The Hall–Kier alpha value is -2.95. The number of amides is 1. The molecule has 2 aromatic rings. The fourth-order valence-electron chi connectivity index (χ4n) is 2.20. The summed E-state index contributed by atoms with van der Waals surface area (Å²) in [7, 11) is 1.71. The minimum absolute atomic E-state index is 0.161. The van der Waals surface area contributed by atoms with Crippen LogP contribution in [0.25, 0.3) is 0 Å². The van der Waals surface area contributed by atoms with Gasteiger partial charge in [0.25, 0.3) is 5.91 Å². The average Bonchev–Trinajstić information content (AvgIpc) is 2.73. The second kappa shape index (κ2) is 5.20. The van der Waals surface area contributed by atoms with Crippen molar-refractivity contribution in [3.63, 3.8) is 0 Å².